The van der Waals surface area contributed by atoms with Crippen molar-refractivity contribution in [1.29, 1.82) is 0 Å². The Labute approximate surface area is 137 Å². The molecule has 0 aliphatic carbocycles. The smallest absolute Gasteiger partial charge is 0.273 e. The summed E-state index contributed by atoms with van der Waals surface area (Å²) in [6.07, 6.45) is 1.98. The van der Waals surface area contributed by atoms with E-state index in [9.17, 15) is 14.9 Å². The Morgan fingerprint density at radius 2 is 2.38 bits per heavy atom. The predicted octanol–water partition coefficient (Wildman–Crippen LogP) is 1.39. The zero-order chi connectivity index (χ0) is 17.1. The summed E-state index contributed by atoms with van der Waals surface area (Å²) in [5.74, 6) is -0.334. The van der Waals surface area contributed by atoms with Gasteiger partial charge in [0.1, 0.15) is 0 Å². The van der Waals surface area contributed by atoms with Gasteiger partial charge in [-0.15, -0.1) is 5.10 Å². The molecule has 0 radical (unpaired) electrons. The summed E-state index contributed by atoms with van der Waals surface area (Å²) >= 11 is 0. The van der Waals surface area contributed by atoms with Crippen LogP contribution in [0.5, 0.6) is 0 Å². The van der Waals surface area contributed by atoms with Crippen molar-refractivity contribution in [1.82, 2.24) is 20.3 Å². The first-order valence-electron chi connectivity index (χ1n) is 7.63. The van der Waals surface area contributed by atoms with Crippen LogP contribution in [0.4, 0.5) is 5.69 Å². The predicted molar refractivity (Wildman–Crippen MR) is 84.1 cm³/mol. The largest absolute Gasteiger partial charge is 0.376 e. The fraction of sp³-hybridized carbons (Fsp3) is 0.400. The molecular weight excluding hydrogens is 314 g/mol. The molecule has 0 saturated carbocycles. The highest BCUT2D eigenvalue weighted by Crippen LogP contribution is 2.18. The second kappa shape index (κ2) is 6.75. The second-order valence-electron chi connectivity index (χ2n) is 5.56. The average Bonchev–Trinajstić information content (AvgIpc) is 3.22. The number of hydrogen-bond acceptors (Lipinski definition) is 6. The Hall–Kier alpha value is -2.81. The summed E-state index contributed by atoms with van der Waals surface area (Å²) in [5, 5.41) is 21.5. The molecule has 24 heavy (non-hydrogen) atoms. The van der Waals surface area contributed by atoms with E-state index in [4.69, 9.17) is 4.74 Å². The third-order valence-electron chi connectivity index (χ3n) is 3.91. The maximum Gasteiger partial charge on any atom is 0.273 e. The molecule has 1 unspecified atom stereocenters. The first-order valence-corrected chi connectivity index (χ1v) is 7.63. The highest BCUT2D eigenvalue weighted by atomic mass is 16.6. The molecule has 1 atom stereocenters. The van der Waals surface area contributed by atoms with E-state index in [-0.39, 0.29) is 23.4 Å². The molecule has 1 N–H and O–H groups in total. The van der Waals surface area contributed by atoms with Crippen molar-refractivity contribution in [2.24, 2.45) is 0 Å². The van der Waals surface area contributed by atoms with Gasteiger partial charge in [0.15, 0.2) is 5.69 Å². The summed E-state index contributed by atoms with van der Waals surface area (Å²) in [7, 11) is 0. The molecule has 0 bridgehead atoms. The minimum Gasteiger partial charge on any atom is -0.376 e. The molecule has 1 fully saturated rings. The van der Waals surface area contributed by atoms with Gasteiger partial charge in [-0.05, 0) is 25.8 Å². The molecule has 1 aliphatic heterocycles. The van der Waals surface area contributed by atoms with Crippen LogP contribution in [0.15, 0.2) is 24.3 Å². The van der Waals surface area contributed by atoms with E-state index < -0.39 is 4.92 Å². The van der Waals surface area contributed by atoms with Crippen LogP contribution in [0.2, 0.25) is 0 Å². The molecule has 2 heterocycles. The van der Waals surface area contributed by atoms with Crippen LogP contribution in [0.3, 0.4) is 0 Å². The van der Waals surface area contributed by atoms with Gasteiger partial charge in [0.05, 0.1) is 22.4 Å². The van der Waals surface area contributed by atoms with Crippen LogP contribution >= 0.6 is 0 Å². The third-order valence-corrected chi connectivity index (χ3v) is 3.91. The standard InChI is InChI=1S/C15H17N5O4/c1-10-14(15(21)16-9-13-6-3-7-24-13)17-18-19(10)11-4-2-5-12(8-11)20(22)23/h2,4-5,8,13H,3,6-7,9H2,1H3,(H,16,21). The van der Waals surface area contributed by atoms with Gasteiger partial charge >= 0.3 is 0 Å². The van der Waals surface area contributed by atoms with Gasteiger partial charge in [-0.2, -0.15) is 0 Å². The normalized spacial score (nSPS) is 17.0. The minimum atomic E-state index is -0.481. The Morgan fingerprint density at radius 3 is 3.08 bits per heavy atom. The second-order valence-corrected chi connectivity index (χ2v) is 5.56. The van der Waals surface area contributed by atoms with Gasteiger partial charge < -0.3 is 10.1 Å². The Bertz CT molecular complexity index is 767. The van der Waals surface area contributed by atoms with Crippen molar-refractivity contribution in [3.8, 4) is 5.69 Å². The van der Waals surface area contributed by atoms with Gasteiger partial charge in [-0.25, -0.2) is 4.68 Å². The first-order chi connectivity index (χ1) is 11.6. The zero-order valence-corrected chi connectivity index (χ0v) is 13.1. The molecule has 1 amide bonds. The summed E-state index contributed by atoms with van der Waals surface area (Å²) in [6, 6.07) is 6.01. The van der Waals surface area contributed by atoms with E-state index in [0.717, 1.165) is 19.4 Å². The van der Waals surface area contributed by atoms with Crippen LogP contribution in [0.25, 0.3) is 5.69 Å². The van der Waals surface area contributed by atoms with E-state index in [0.29, 0.717) is 17.9 Å². The first kappa shape index (κ1) is 16.1. The minimum absolute atomic E-state index is 0.0427. The molecule has 126 valence electrons. The van der Waals surface area contributed by atoms with Crippen LogP contribution in [-0.4, -0.2) is 45.1 Å². The molecule has 9 heteroatoms. The molecule has 3 rings (SSSR count). The Kier molecular flexibility index (Phi) is 4.52. The lowest BCUT2D eigenvalue weighted by molar-refractivity contribution is -0.384. The van der Waals surface area contributed by atoms with Crippen molar-refractivity contribution in [3.05, 3.63) is 45.8 Å². The molecular formula is C15H17N5O4. The molecule has 9 nitrogen and oxygen atoms in total. The fourth-order valence-electron chi connectivity index (χ4n) is 2.62. The fourth-order valence-corrected chi connectivity index (χ4v) is 2.62. The summed E-state index contributed by atoms with van der Waals surface area (Å²) in [4.78, 5) is 22.6. The molecule has 2 aromatic rings. The highest BCUT2D eigenvalue weighted by Gasteiger charge is 2.21. The van der Waals surface area contributed by atoms with Crippen LogP contribution < -0.4 is 5.32 Å². The molecule has 1 aliphatic rings. The number of nitrogens with zero attached hydrogens (tertiary/aromatic N) is 4. The number of aromatic nitrogens is 3. The monoisotopic (exact) mass is 331 g/mol. The number of amides is 1. The number of benzene rings is 1. The lowest BCUT2D eigenvalue weighted by Crippen LogP contribution is -2.32. The van der Waals surface area contributed by atoms with Crippen molar-refractivity contribution < 1.29 is 14.5 Å². The number of nitro groups is 1. The Balaban J connectivity index is 1.76. The van der Waals surface area contributed by atoms with Crippen molar-refractivity contribution >= 4 is 11.6 Å². The SMILES string of the molecule is Cc1c(C(=O)NCC2CCCO2)nnn1-c1cccc([N+](=O)[O-])c1. The van der Waals surface area contributed by atoms with Crippen molar-refractivity contribution in [2.75, 3.05) is 13.2 Å². The lowest BCUT2D eigenvalue weighted by Gasteiger charge is -2.10. The van der Waals surface area contributed by atoms with E-state index >= 15 is 0 Å². The van der Waals surface area contributed by atoms with Crippen LogP contribution in [0, 0.1) is 17.0 Å². The lowest BCUT2D eigenvalue weighted by atomic mass is 10.2. The average molecular weight is 331 g/mol. The summed E-state index contributed by atoms with van der Waals surface area (Å²) in [6.45, 7) is 2.85. The summed E-state index contributed by atoms with van der Waals surface area (Å²) < 4.78 is 6.87. The number of carbonyl (C=O) groups is 1. The number of hydrogen-bond donors (Lipinski definition) is 1. The van der Waals surface area contributed by atoms with Gasteiger partial charge in [-0.3, -0.25) is 14.9 Å². The number of ether oxygens (including phenoxy) is 1. The molecule has 0 spiro atoms. The number of non-ortho nitro benzene ring substituents is 1. The van der Waals surface area contributed by atoms with Gasteiger partial charge in [0.25, 0.3) is 11.6 Å². The van der Waals surface area contributed by atoms with Crippen LogP contribution in [-0.2, 0) is 4.74 Å². The van der Waals surface area contributed by atoms with Gasteiger partial charge in [0, 0.05) is 25.3 Å². The van der Waals surface area contributed by atoms with Crippen molar-refractivity contribution in [2.45, 2.75) is 25.9 Å². The van der Waals surface area contributed by atoms with E-state index in [1.54, 1.807) is 19.1 Å². The maximum absolute atomic E-state index is 12.3. The number of nitrogens with one attached hydrogen (secondary N) is 1. The quantitative estimate of drug-likeness (QED) is 0.654. The van der Waals surface area contributed by atoms with Crippen molar-refractivity contribution in [3.63, 3.8) is 0 Å². The zero-order valence-electron chi connectivity index (χ0n) is 13.1. The highest BCUT2D eigenvalue weighted by molar-refractivity contribution is 5.93. The number of rotatable bonds is 5. The van der Waals surface area contributed by atoms with Crippen LogP contribution in [0.1, 0.15) is 29.0 Å². The van der Waals surface area contributed by atoms with E-state index in [2.05, 4.69) is 15.6 Å². The number of carbonyl (C=O) groups excluding carboxylic acids is 1. The number of nitro benzene ring substituents is 1. The van der Waals surface area contributed by atoms with E-state index in [1.807, 2.05) is 0 Å². The molecule has 1 aromatic carbocycles. The maximum atomic E-state index is 12.3. The molecule has 1 aromatic heterocycles. The summed E-state index contributed by atoms with van der Waals surface area (Å²) in [5.41, 5.74) is 1.14. The molecule has 1 saturated heterocycles. The van der Waals surface area contributed by atoms with Gasteiger partial charge in [-0.1, -0.05) is 11.3 Å². The third kappa shape index (κ3) is 3.25. The van der Waals surface area contributed by atoms with E-state index in [1.165, 1.54) is 16.8 Å². The Morgan fingerprint density at radius 1 is 1.54 bits per heavy atom. The van der Waals surface area contributed by atoms with Gasteiger partial charge in [0.2, 0.25) is 0 Å². The topological polar surface area (TPSA) is 112 Å².